The molecule has 8 nitrogen and oxygen atoms in total. The molecule has 0 saturated carbocycles. The van der Waals surface area contributed by atoms with E-state index in [1.54, 1.807) is 36.4 Å². The molecule has 3 aromatic carbocycles. The van der Waals surface area contributed by atoms with Crippen LogP contribution in [-0.2, 0) is 14.8 Å². The molecule has 1 aromatic heterocycles. The first-order chi connectivity index (χ1) is 17.2. The van der Waals surface area contributed by atoms with Gasteiger partial charge in [-0.25, -0.2) is 8.42 Å². The number of sulfonamides is 1. The number of rotatable bonds is 5. The fourth-order valence-corrected chi connectivity index (χ4v) is 6.06. The summed E-state index contributed by atoms with van der Waals surface area (Å²) in [5.74, 6) is -0.174. The van der Waals surface area contributed by atoms with E-state index in [1.165, 1.54) is 15.6 Å². The smallest absolute Gasteiger partial charge is 0.269 e. The number of fused-ring (bicyclic) bond motifs is 1. The van der Waals surface area contributed by atoms with Crippen LogP contribution in [0.3, 0.4) is 0 Å². The molecule has 1 N–H and O–H groups in total. The number of benzene rings is 3. The van der Waals surface area contributed by atoms with Crippen LogP contribution in [0.1, 0.15) is 16.7 Å². The lowest BCUT2D eigenvalue weighted by atomic mass is 10.1. The molecule has 1 aliphatic rings. The van der Waals surface area contributed by atoms with Gasteiger partial charge in [-0.15, -0.1) is 10.2 Å². The molecule has 184 valence electrons. The summed E-state index contributed by atoms with van der Waals surface area (Å²) in [5, 5.41) is 12.0. The average molecular weight is 521 g/mol. The van der Waals surface area contributed by atoms with Crippen molar-refractivity contribution in [1.82, 2.24) is 10.2 Å². The number of nitrogens with zero attached hydrogens (tertiary/aromatic N) is 3. The third-order valence-corrected chi connectivity index (χ3v) is 8.52. The number of carbonyl (C=O) groups is 1. The molecule has 5 rings (SSSR count). The molecule has 0 saturated heterocycles. The van der Waals surface area contributed by atoms with Crippen molar-refractivity contribution in [3.63, 3.8) is 0 Å². The van der Waals surface area contributed by atoms with E-state index < -0.39 is 22.0 Å². The first kappa shape index (κ1) is 24.0. The van der Waals surface area contributed by atoms with Gasteiger partial charge in [-0.05, 0) is 50.6 Å². The van der Waals surface area contributed by atoms with Crippen molar-refractivity contribution < 1.29 is 17.9 Å². The van der Waals surface area contributed by atoms with Crippen LogP contribution in [0.15, 0.2) is 71.6 Å². The summed E-state index contributed by atoms with van der Waals surface area (Å²) in [4.78, 5) is 13.3. The number of aryl methyl sites for hydroxylation is 3. The topological polar surface area (TPSA) is 101 Å². The van der Waals surface area contributed by atoms with E-state index in [0.29, 0.717) is 21.6 Å². The summed E-state index contributed by atoms with van der Waals surface area (Å²) in [6, 6.07) is 19.7. The SMILES string of the molecule is Cc1ccc(-c2nnc(NC(=O)[C@H]3CN(S(=O)(=O)c4ccc(C)cc4)c4ccc(C)cc4O3)s2)cc1. The van der Waals surface area contributed by atoms with Gasteiger partial charge in [0.25, 0.3) is 15.9 Å². The third kappa shape index (κ3) is 4.69. The summed E-state index contributed by atoms with van der Waals surface area (Å²) in [5.41, 5.74) is 4.25. The van der Waals surface area contributed by atoms with E-state index in [0.717, 1.165) is 22.3 Å². The Bertz CT molecular complexity index is 1530. The molecule has 0 bridgehead atoms. The molecule has 1 atom stereocenters. The molecule has 2 heterocycles. The van der Waals surface area contributed by atoms with Crippen molar-refractivity contribution in [2.24, 2.45) is 0 Å². The Balaban J connectivity index is 1.42. The normalized spacial score (nSPS) is 15.2. The quantitative estimate of drug-likeness (QED) is 0.408. The molecule has 10 heteroatoms. The zero-order chi connectivity index (χ0) is 25.4. The first-order valence-corrected chi connectivity index (χ1v) is 13.5. The fourth-order valence-electron chi connectivity index (χ4n) is 3.84. The van der Waals surface area contributed by atoms with Gasteiger partial charge in [0.05, 0.1) is 17.1 Å². The highest BCUT2D eigenvalue weighted by molar-refractivity contribution is 7.92. The number of anilines is 2. The van der Waals surface area contributed by atoms with E-state index >= 15 is 0 Å². The van der Waals surface area contributed by atoms with Gasteiger partial charge in [0.2, 0.25) is 5.13 Å². The van der Waals surface area contributed by atoms with Crippen LogP contribution in [0.5, 0.6) is 5.75 Å². The molecule has 4 aromatic rings. The van der Waals surface area contributed by atoms with Gasteiger partial charge in [-0.2, -0.15) is 0 Å². The number of nitrogens with one attached hydrogen (secondary N) is 1. The number of ether oxygens (including phenoxy) is 1. The maximum absolute atomic E-state index is 13.6. The molecule has 0 spiro atoms. The molecule has 0 aliphatic carbocycles. The Morgan fingerprint density at radius 1 is 0.944 bits per heavy atom. The molecule has 1 amide bonds. The van der Waals surface area contributed by atoms with Crippen LogP contribution in [0, 0.1) is 20.8 Å². The molecule has 0 radical (unpaired) electrons. The van der Waals surface area contributed by atoms with Crippen molar-refractivity contribution in [3.05, 3.63) is 83.4 Å². The van der Waals surface area contributed by atoms with E-state index in [1.807, 2.05) is 51.1 Å². The number of hydrogen-bond donors (Lipinski definition) is 1. The van der Waals surface area contributed by atoms with Crippen LogP contribution in [0.2, 0.25) is 0 Å². The summed E-state index contributed by atoms with van der Waals surface area (Å²) in [6.07, 6.45) is -1.08. The third-order valence-electron chi connectivity index (χ3n) is 5.84. The van der Waals surface area contributed by atoms with Gasteiger partial charge in [0.15, 0.2) is 6.10 Å². The predicted molar refractivity (Wildman–Crippen MR) is 140 cm³/mol. The highest BCUT2D eigenvalue weighted by Gasteiger charge is 2.38. The van der Waals surface area contributed by atoms with Gasteiger partial charge >= 0.3 is 0 Å². The highest BCUT2D eigenvalue weighted by atomic mass is 32.2. The maximum Gasteiger partial charge on any atom is 0.269 e. The summed E-state index contributed by atoms with van der Waals surface area (Å²) in [7, 11) is -3.93. The lowest BCUT2D eigenvalue weighted by molar-refractivity contribution is -0.122. The Kier molecular flexibility index (Phi) is 6.23. The van der Waals surface area contributed by atoms with E-state index in [-0.39, 0.29) is 11.4 Å². The van der Waals surface area contributed by atoms with Crippen LogP contribution in [0.25, 0.3) is 10.6 Å². The second-order valence-electron chi connectivity index (χ2n) is 8.69. The predicted octanol–water partition coefficient (Wildman–Crippen LogP) is 4.73. The number of carbonyl (C=O) groups excluding carboxylic acids is 1. The minimum Gasteiger partial charge on any atom is -0.476 e. The number of hydrogen-bond acceptors (Lipinski definition) is 7. The Morgan fingerprint density at radius 2 is 1.58 bits per heavy atom. The number of amides is 1. The largest absolute Gasteiger partial charge is 0.476 e. The van der Waals surface area contributed by atoms with Crippen LogP contribution in [0.4, 0.5) is 10.8 Å². The Labute approximate surface area is 213 Å². The molecular formula is C26H24N4O4S2. The minimum atomic E-state index is -3.93. The lowest BCUT2D eigenvalue weighted by Crippen LogP contribution is -2.48. The standard InChI is InChI=1S/C26H24N4O4S2/c1-16-4-9-19(10-5-16)25-28-29-26(35-25)27-24(31)23-15-30(21-13-8-18(3)14-22(21)34-23)36(32,33)20-11-6-17(2)7-12-20/h4-14,23H,15H2,1-3H3,(H,27,29,31)/t23-/m1/s1. The van der Waals surface area contributed by atoms with E-state index in [9.17, 15) is 13.2 Å². The number of aromatic nitrogens is 2. The summed E-state index contributed by atoms with van der Waals surface area (Å²) >= 11 is 1.24. The van der Waals surface area contributed by atoms with Crippen LogP contribution < -0.4 is 14.4 Å². The van der Waals surface area contributed by atoms with E-state index in [4.69, 9.17) is 4.74 Å². The summed E-state index contributed by atoms with van der Waals surface area (Å²) in [6.45, 7) is 5.59. The molecule has 0 unspecified atom stereocenters. The van der Waals surface area contributed by atoms with Crippen molar-refractivity contribution in [1.29, 1.82) is 0 Å². The van der Waals surface area contributed by atoms with Crippen molar-refractivity contribution >= 4 is 38.1 Å². The fraction of sp³-hybridized carbons (Fsp3) is 0.192. The second kappa shape index (κ2) is 9.36. The van der Waals surface area contributed by atoms with Gasteiger partial charge < -0.3 is 4.74 Å². The van der Waals surface area contributed by atoms with Crippen molar-refractivity contribution in [3.8, 4) is 16.3 Å². The van der Waals surface area contributed by atoms with Crippen molar-refractivity contribution in [2.75, 3.05) is 16.2 Å². The Hall–Kier alpha value is -3.76. The second-order valence-corrected chi connectivity index (χ2v) is 11.5. The lowest BCUT2D eigenvalue weighted by Gasteiger charge is -2.34. The zero-order valence-electron chi connectivity index (χ0n) is 19.9. The molecule has 1 aliphatic heterocycles. The summed E-state index contributed by atoms with van der Waals surface area (Å²) < 4.78 is 34.4. The van der Waals surface area contributed by atoms with Gasteiger partial charge in [0, 0.05) is 5.56 Å². The van der Waals surface area contributed by atoms with Crippen LogP contribution >= 0.6 is 11.3 Å². The molecule has 36 heavy (non-hydrogen) atoms. The zero-order valence-corrected chi connectivity index (χ0v) is 21.6. The van der Waals surface area contributed by atoms with Gasteiger partial charge in [-0.1, -0.05) is 64.9 Å². The van der Waals surface area contributed by atoms with Crippen molar-refractivity contribution in [2.45, 2.75) is 31.8 Å². The van der Waals surface area contributed by atoms with Gasteiger partial charge in [-0.3, -0.25) is 14.4 Å². The van der Waals surface area contributed by atoms with Crippen LogP contribution in [-0.4, -0.2) is 37.2 Å². The first-order valence-electron chi connectivity index (χ1n) is 11.3. The van der Waals surface area contributed by atoms with E-state index in [2.05, 4.69) is 15.5 Å². The molecule has 0 fully saturated rings. The molecular weight excluding hydrogens is 496 g/mol. The highest BCUT2D eigenvalue weighted by Crippen LogP contribution is 2.38. The minimum absolute atomic E-state index is 0.146. The Morgan fingerprint density at radius 3 is 2.28 bits per heavy atom. The van der Waals surface area contributed by atoms with Gasteiger partial charge in [0.1, 0.15) is 10.8 Å². The monoisotopic (exact) mass is 520 g/mol. The maximum atomic E-state index is 13.6. The average Bonchev–Trinajstić information content (AvgIpc) is 3.32.